The van der Waals surface area contributed by atoms with Gasteiger partial charge in [-0.2, -0.15) is 0 Å². The zero-order valence-corrected chi connectivity index (χ0v) is 16.6. The molecule has 0 aliphatic carbocycles. The quantitative estimate of drug-likeness (QED) is 0.814. The zero-order valence-electron chi connectivity index (χ0n) is 16.6. The van der Waals surface area contributed by atoms with Crippen molar-refractivity contribution >= 4 is 11.6 Å². The van der Waals surface area contributed by atoms with Gasteiger partial charge in [0.2, 0.25) is 12.7 Å². The topological polar surface area (TPSA) is 51.2 Å². The highest BCUT2D eigenvalue weighted by molar-refractivity contribution is 5.88. The summed E-state index contributed by atoms with van der Waals surface area (Å²) in [5.41, 5.74) is 1.38. The van der Waals surface area contributed by atoms with Crippen molar-refractivity contribution in [2.45, 2.75) is 19.3 Å². The molecule has 1 fully saturated rings. The number of nitrogens with zero attached hydrogens (tertiary/aromatic N) is 2. The highest BCUT2D eigenvalue weighted by atomic mass is 16.7. The Morgan fingerprint density at radius 1 is 1.00 bits per heavy atom. The van der Waals surface area contributed by atoms with Gasteiger partial charge < -0.3 is 24.0 Å². The van der Waals surface area contributed by atoms with Crippen molar-refractivity contribution in [2.75, 3.05) is 45.0 Å². The Hall–Kier alpha value is -2.89. The minimum absolute atomic E-state index is 0.131. The molecular weight excluding hydrogens is 356 g/mol. The van der Waals surface area contributed by atoms with E-state index in [4.69, 9.17) is 14.2 Å². The maximum Gasteiger partial charge on any atom is 0.232 e. The van der Waals surface area contributed by atoms with Gasteiger partial charge >= 0.3 is 0 Å². The molecule has 1 amide bonds. The molecule has 0 N–H and O–H groups in total. The summed E-state index contributed by atoms with van der Waals surface area (Å²) in [5.74, 6) is 2.44. The number of ether oxygens (including phenoxy) is 3. The third-order valence-corrected chi connectivity index (χ3v) is 5.62. The standard InChI is InChI=1S/C22H26N2O4/c1-22(2,16-8-9-19-20(14-16)28-15-27-19)21(25)24-12-10-23(11-13-24)17-6-4-5-7-18(17)26-3/h4-9,14H,10-13,15H2,1-3H3. The van der Waals surface area contributed by atoms with Crippen molar-refractivity contribution in [3.8, 4) is 17.2 Å². The average Bonchev–Trinajstić information content (AvgIpc) is 3.21. The van der Waals surface area contributed by atoms with E-state index in [9.17, 15) is 4.79 Å². The monoisotopic (exact) mass is 382 g/mol. The molecule has 6 nitrogen and oxygen atoms in total. The number of methoxy groups -OCH3 is 1. The summed E-state index contributed by atoms with van der Waals surface area (Å²) in [4.78, 5) is 17.5. The van der Waals surface area contributed by atoms with Gasteiger partial charge in [-0.05, 0) is 43.7 Å². The maximum atomic E-state index is 13.3. The molecule has 0 radical (unpaired) electrons. The van der Waals surface area contributed by atoms with E-state index in [1.54, 1.807) is 7.11 Å². The van der Waals surface area contributed by atoms with Crippen LogP contribution >= 0.6 is 0 Å². The van der Waals surface area contributed by atoms with Gasteiger partial charge in [0.05, 0.1) is 18.2 Å². The number of hydrogen-bond donors (Lipinski definition) is 0. The van der Waals surface area contributed by atoms with Crippen molar-refractivity contribution < 1.29 is 19.0 Å². The van der Waals surface area contributed by atoms with E-state index in [2.05, 4.69) is 11.0 Å². The lowest BCUT2D eigenvalue weighted by Gasteiger charge is -2.40. The molecule has 0 saturated carbocycles. The van der Waals surface area contributed by atoms with Crippen LogP contribution in [0.5, 0.6) is 17.2 Å². The third kappa shape index (κ3) is 3.23. The normalized spacial score (nSPS) is 16.2. The van der Waals surface area contributed by atoms with Crippen LogP contribution in [0.2, 0.25) is 0 Å². The second-order valence-electron chi connectivity index (χ2n) is 7.64. The summed E-state index contributed by atoms with van der Waals surface area (Å²) in [5, 5.41) is 0. The minimum Gasteiger partial charge on any atom is -0.495 e. The number of para-hydroxylation sites is 2. The average molecular weight is 382 g/mol. The minimum atomic E-state index is -0.631. The highest BCUT2D eigenvalue weighted by Crippen LogP contribution is 2.37. The number of carbonyl (C=O) groups excluding carboxylic acids is 1. The van der Waals surface area contributed by atoms with Gasteiger partial charge in [0.1, 0.15) is 5.75 Å². The first-order chi connectivity index (χ1) is 13.5. The fraction of sp³-hybridized carbons (Fsp3) is 0.409. The molecule has 2 aliphatic heterocycles. The zero-order chi connectivity index (χ0) is 19.7. The molecule has 28 heavy (non-hydrogen) atoms. The molecule has 4 rings (SSSR count). The lowest BCUT2D eigenvalue weighted by molar-refractivity contribution is -0.136. The number of hydrogen-bond acceptors (Lipinski definition) is 5. The Morgan fingerprint density at radius 3 is 2.46 bits per heavy atom. The number of fused-ring (bicyclic) bond motifs is 1. The molecule has 0 unspecified atom stereocenters. The van der Waals surface area contributed by atoms with Gasteiger partial charge in [-0.25, -0.2) is 0 Å². The van der Waals surface area contributed by atoms with Crippen molar-refractivity contribution in [3.63, 3.8) is 0 Å². The molecule has 2 aliphatic rings. The number of benzene rings is 2. The second-order valence-corrected chi connectivity index (χ2v) is 7.64. The van der Waals surface area contributed by atoms with Crippen molar-refractivity contribution in [3.05, 3.63) is 48.0 Å². The van der Waals surface area contributed by atoms with Gasteiger partial charge in [0, 0.05) is 26.2 Å². The molecule has 0 atom stereocenters. The van der Waals surface area contributed by atoms with Crippen LogP contribution in [0.3, 0.4) is 0 Å². The Morgan fingerprint density at radius 2 is 1.71 bits per heavy atom. The van der Waals surface area contributed by atoms with E-state index in [0.29, 0.717) is 18.8 Å². The van der Waals surface area contributed by atoms with Gasteiger partial charge in [0.25, 0.3) is 0 Å². The predicted octanol–water partition coefficient (Wildman–Crippen LogP) is 3.05. The molecule has 2 heterocycles. The number of rotatable bonds is 4. The fourth-order valence-electron chi connectivity index (χ4n) is 3.85. The molecule has 148 valence electrons. The number of anilines is 1. The third-order valence-electron chi connectivity index (χ3n) is 5.62. The first-order valence-corrected chi connectivity index (χ1v) is 9.58. The van der Waals surface area contributed by atoms with Crippen LogP contribution in [0.4, 0.5) is 5.69 Å². The number of carbonyl (C=O) groups is 1. The second kappa shape index (κ2) is 7.26. The Kier molecular flexibility index (Phi) is 4.79. The predicted molar refractivity (Wildman–Crippen MR) is 107 cm³/mol. The van der Waals surface area contributed by atoms with Crippen LogP contribution < -0.4 is 19.1 Å². The summed E-state index contributed by atoms with van der Waals surface area (Å²) in [6, 6.07) is 13.8. The van der Waals surface area contributed by atoms with Gasteiger partial charge in [0.15, 0.2) is 11.5 Å². The molecule has 6 heteroatoms. The summed E-state index contributed by atoms with van der Waals surface area (Å²) in [7, 11) is 1.69. The molecule has 2 aromatic rings. The van der Waals surface area contributed by atoms with Crippen LogP contribution in [0.1, 0.15) is 19.4 Å². The van der Waals surface area contributed by atoms with E-state index < -0.39 is 5.41 Å². The summed E-state index contributed by atoms with van der Waals surface area (Å²) >= 11 is 0. The SMILES string of the molecule is COc1ccccc1N1CCN(C(=O)C(C)(C)c2ccc3c(c2)OCO3)CC1. The lowest BCUT2D eigenvalue weighted by atomic mass is 9.82. The van der Waals surface area contributed by atoms with E-state index in [1.807, 2.05) is 55.1 Å². The number of piperazine rings is 1. The summed E-state index contributed by atoms with van der Waals surface area (Å²) in [6.07, 6.45) is 0. The van der Waals surface area contributed by atoms with E-state index >= 15 is 0 Å². The van der Waals surface area contributed by atoms with Crippen LogP contribution in [0.25, 0.3) is 0 Å². The number of amides is 1. The first kappa shape index (κ1) is 18.5. The summed E-state index contributed by atoms with van der Waals surface area (Å²) < 4.78 is 16.3. The van der Waals surface area contributed by atoms with E-state index in [-0.39, 0.29) is 12.7 Å². The van der Waals surface area contributed by atoms with Crippen LogP contribution in [-0.2, 0) is 10.2 Å². The smallest absolute Gasteiger partial charge is 0.232 e. The van der Waals surface area contributed by atoms with Gasteiger partial charge in [-0.15, -0.1) is 0 Å². The first-order valence-electron chi connectivity index (χ1n) is 9.58. The highest BCUT2D eigenvalue weighted by Gasteiger charge is 2.36. The molecule has 2 aromatic carbocycles. The van der Waals surface area contributed by atoms with E-state index in [0.717, 1.165) is 35.8 Å². The Balaban J connectivity index is 1.46. The summed E-state index contributed by atoms with van der Waals surface area (Å²) in [6.45, 7) is 7.11. The van der Waals surface area contributed by atoms with Crippen molar-refractivity contribution in [1.82, 2.24) is 4.90 Å². The molecule has 1 saturated heterocycles. The van der Waals surface area contributed by atoms with Crippen LogP contribution in [0, 0.1) is 0 Å². The Labute approximate surface area is 165 Å². The van der Waals surface area contributed by atoms with Gasteiger partial charge in [-0.3, -0.25) is 4.79 Å². The lowest BCUT2D eigenvalue weighted by Crippen LogP contribution is -2.53. The largest absolute Gasteiger partial charge is 0.495 e. The fourth-order valence-corrected chi connectivity index (χ4v) is 3.85. The van der Waals surface area contributed by atoms with Crippen molar-refractivity contribution in [2.24, 2.45) is 0 Å². The van der Waals surface area contributed by atoms with Crippen LogP contribution in [-0.4, -0.2) is 50.9 Å². The van der Waals surface area contributed by atoms with Crippen molar-refractivity contribution in [1.29, 1.82) is 0 Å². The van der Waals surface area contributed by atoms with E-state index in [1.165, 1.54) is 0 Å². The van der Waals surface area contributed by atoms with Crippen LogP contribution in [0.15, 0.2) is 42.5 Å². The Bertz CT molecular complexity index is 873. The molecule has 0 aromatic heterocycles. The van der Waals surface area contributed by atoms with Gasteiger partial charge in [-0.1, -0.05) is 18.2 Å². The molecular formula is C22H26N2O4. The molecule has 0 bridgehead atoms. The maximum absolute atomic E-state index is 13.3. The molecule has 0 spiro atoms.